The minimum absolute atomic E-state index is 0.0370. The van der Waals surface area contributed by atoms with Gasteiger partial charge in [0, 0.05) is 19.7 Å². The molecule has 0 saturated carbocycles. The zero-order valence-corrected chi connectivity index (χ0v) is 11.0. The number of carboxylic acids is 1. The second-order valence-electron chi connectivity index (χ2n) is 4.82. The molecule has 2 atom stereocenters. The Balaban J connectivity index is 2.44. The molecule has 1 aromatic rings. The van der Waals surface area contributed by atoms with Crippen molar-refractivity contribution < 1.29 is 14.7 Å². The van der Waals surface area contributed by atoms with E-state index >= 15 is 0 Å². The molecular formula is C13H17N3O3. The average molecular weight is 263 g/mol. The van der Waals surface area contributed by atoms with Crippen LogP contribution in [0.1, 0.15) is 36.8 Å². The van der Waals surface area contributed by atoms with Gasteiger partial charge in [0.25, 0.3) is 0 Å². The lowest BCUT2D eigenvalue weighted by Crippen LogP contribution is -2.36. The highest BCUT2D eigenvalue weighted by molar-refractivity contribution is 5.79. The number of nitrogens with zero attached hydrogens (tertiary/aromatic N) is 3. The monoisotopic (exact) mass is 263 g/mol. The Bertz CT molecular complexity index is 504. The van der Waals surface area contributed by atoms with E-state index in [2.05, 4.69) is 9.97 Å². The number of aromatic nitrogens is 2. The van der Waals surface area contributed by atoms with Crippen molar-refractivity contribution in [3.8, 4) is 0 Å². The number of carbonyl (C=O) groups is 2. The molecule has 1 aliphatic rings. The van der Waals surface area contributed by atoms with Crippen LogP contribution in [-0.4, -0.2) is 38.9 Å². The summed E-state index contributed by atoms with van der Waals surface area (Å²) in [5.41, 5.74) is 0.595. The van der Waals surface area contributed by atoms with Crippen molar-refractivity contribution in [2.24, 2.45) is 5.92 Å². The molecule has 6 nitrogen and oxygen atoms in total. The van der Waals surface area contributed by atoms with Gasteiger partial charge in [-0.3, -0.25) is 9.59 Å². The number of likely N-dealkylation sites (tertiary alicyclic amines) is 1. The Morgan fingerprint density at radius 1 is 1.53 bits per heavy atom. The molecule has 2 rings (SSSR count). The van der Waals surface area contributed by atoms with Crippen LogP contribution < -0.4 is 0 Å². The summed E-state index contributed by atoms with van der Waals surface area (Å²) in [6, 6.07) is 1.16. The summed E-state index contributed by atoms with van der Waals surface area (Å²) in [4.78, 5) is 33.2. The summed E-state index contributed by atoms with van der Waals surface area (Å²) in [6.45, 7) is 1.75. The molecule has 1 fully saturated rings. The van der Waals surface area contributed by atoms with E-state index in [4.69, 9.17) is 0 Å². The van der Waals surface area contributed by atoms with Crippen molar-refractivity contribution in [1.82, 2.24) is 14.9 Å². The van der Waals surface area contributed by atoms with Crippen LogP contribution in [0, 0.1) is 12.8 Å². The minimum atomic E-state index is -0.886. The lowest BCUT2D eigenvalue weighted by molar-refractivity contribution is -0.145. The van der Waals surface area contributed by atoms with Crippen molar-refractivity contribution >= 4 is 11.9 Å². The lowest BCUT2D eigenvalue weighted by Gasteiger charge is -2.29. The quantitative estimate of drug-likeness (QED) is 0.866. The van der Waals surface area contributed by atoms with Gasteiger partial charge in [-0.05, 0) is 25.8 Å². The average Bonchev–Trinajstić information content (AvgIpc) is 2.50. The third kappa shape index (κ3) is 2.72. The molecule has 0 bridgehead atoms. The first-order valence-corrected chi connectivity index (χ1v) is 6.28. The summed E-state index contributed by atoms with van der Waals surface area (Å²) in [7, 11) is 1.64. The standard InChI is InChI=1S/C13H17N3O3/c1-8-14-7-6-10(15-8)12-9(13(18)19)4-3-5-11(17)16(12)2/h6-7,9,12H,3-5H2,1-2H3,(H,18,19). The van der Waals surface area contributed by atoms with Gasteiger partial charge in [0.05, 0.1) is 17.7 Å². The normalized spacial score (nSPS) is 24.1. The topological polar surface area (TPSA) is 83.4 Å². The Morgan fingerprint density at radius 2 is 2.26 bits per heavy atom. The molecule has 1 N–H and O–H groups in total. The molecule has 1 amide bonds. The fourth-order valence-electron chi connectivity index (χ4n) is 2.53. The van der Waals surface area contributed by atoms with Crippen LogP contribution in [0.4, 0.5) is 0 Å². The molecule has 0 spiro atoms. The second-order valence-corrected chi connectivity index (χ2v) is 4.82. The van der Waals surface area contributed by atoms with Gasteiger partial charge in [-0.1, -0.05) is 0 Å². The fraction of sp³-hybridized carbons (Fsp3) is 0.538. The van der Waals surface area contributed by atoms with Crippen LogP contribution in [-0.2, 0) is 9.59 Å². The predicted octanol–water partition coefficient (Wildman–Crippen LogP) is 1.17. The van der Waals surface area contributed by atoms with Crippen LogP contribution in [0.2, 0.25) is 0 Å². The first-order chi connectivity index (χ1) is 9.00. The van der Waals surface area contributed by atoms with E-state index in [-0.39, 0.29) is 5.91 Å². The number of rotatable bonds is 2. The minimum Gasteiger partial charge on any atom is -0.481 e. The van der Waals surface area contributed by atoms with Gasteiger partial charge in [-0.2, -0.15) is 0 Å². The largest absolute Gasteiger partial charge is 0.481 e. The van der Waals surface area contributed by atoms with Crippen molar-refractivity contribution in [3.63, 3.8) is 0 Å². The molecule has 1 saturated heterocycles. The first-order valence-electron chi connectivity index (χ1n) is 6.28. The van der Waals surface area contributed by atoms with E-state index in [0.717, 1.165) is 0 Å². The Kier molecular flexibility index (Phi) is 3.78. The molecule has 2 unspecified atom stereocenters. The third-order valence-electron chi connectivity index (χ3n) is 3.52. The maximum absolute atomic E-state index is 11.9. The van der Waals surface area contributed by atoms with Crippen LogP contribution in [0.3, 0.4) is 0 Å². The van der Waals surface area contributed by atoms with Crippen LogP contribution in [0.25, 0.3) is 0 Å². The van der Waals surface area contributed by atoms with Crippen LogP contribution in [0.5, 0.6) is 0 Å². The van der Waals surface area contributed by atoms with Crippen molar-refractivity contribution in [3.05, 3.63) is 23.8 Å². The molecule has 6 heteroatoms. The van der Waals surface area contributed by atoms with Crippen molar-refractivity contribution in [2.45, 2.75) is 32.2 Å². The Hall–Kier alpha value is -1.98. The summed E-state index contributed by atoms with van der Waals surface area (Å²) < 4.78 is 0. The van der Waals surface area contributed by atoms with E-state index < -0.39 is 17.9 Å². The van der Waals surface area contributed by atoms with Crippen LogP contribution >= 0.6 is 0 Å². The highest BCUT2D eigenvalue weighted by Crippen LogP contribution is 2.33. The van der Waals surface area contributed by atoms with Crippen molar-refractivity contribution in [1.29, 1.82) is 0 Å². The fourth-order valence-corrected chi connectivity index (χ4v) is 2.53. The predicted molar refractivity (Wildman–Crippen MR) is 67.3 cm³/mol. The molecule has 0 aromatic carbocycles. The summed E-state index contributed by atoms with van der Waals surface area (Å²) in [5.74, 6) is -0.967. The zero-order chi connectivity index (χ0) is 14.0. The summed E-state index contributed by atoms with van der Waals surface area (Å²) in [5, 5.41) is 9.39. The van der Waals surface area contributed by atoms with Gasteiger partial charge in [0.15, 0.2) is 0 Å². The van der Waals surface area contributed by atoms with E-state index in [1.807, 2.05) is 0 Å². The molecule has 102 valence electrons. The van der Waals surface area contributed by atoms with E-state index in [9.17, 15) is 14.7 Å². The second kappa shape index (κ2) is 5.34. The number of hydrogen-bond acceptors (Lipinski definition) is 4. The van der Waals surface area contributed by atoms with Gasteiger partial charge in [0.1, 0.15) is 5.82 Å². The highest BCUT2D eigenvalue weighted by atomic mass is 16.4. The molecule has 0 aliphatic carbocycles. The van der Waals surface area contributed by atoms with E-state index in [1.165, 1.54) is 4.90 Å². The third-order valence-corrected chi connectivity index (χ3v) is 3.52. The molecule has 1 aliphatic heterocycles. The van der Waals surface area contributed by atoms with E-state index in [0.29, 0.717) is 30.8 Å². The molecule has 1 aromatic heterocycles. The summed E-state index contributed by atoms with van der Waals surface area (Å²) >= 11 is 0. The summed E-state index contributed by atoms with van der Waals surface area (Å²) in [6.07, 6.45) is 3.07. The van der Waals surface area contributed by atoms with E-state index in [1.54, 1.807) is 26.2 Å². The first kappa shape index (κ1) is 13.5. The lowest BCUT2D eigenvalue weighted by atomic mass is 9.92. The Labute approximate surface area is 111 Å². The number of aryl methyl sites for hydroxylation is 1. The molecule has 2 heterocycles. The van der Waals surface area contributed by atoms with Gasteiger partial charge >= 0.3 is 5.97 Å². The number of carboxylic acid groups (broad SMARTS) is 1. The number of carbonyl (C=O) groups excluding carboxylic acids is 1. The van der Waals surface area contributed by atoms with Gasteiger partial charge in [-0.15, -0.1) is 0 Å². The van der Waals surface area contributed by atoms with Gasteiger partial charge in [0.2, 0.25) is 5.91 Å². The molecule has 19 heavy (non-hydrogen) atoms. The Morgan fingerprint density at radius 3 is 2.89 bits per heavy atom. The van der Waals surface area contributed by atoms with Gasteiger partial charge < -0.3 is 10.0 Å². The maximum atomic E-state index is 11.9. The number of hydrogen-bond donors (Lipinski definition) is 1. The molecule has 0 radical (unpaired) electrons. The highest BCUT2D eigenvalue weighted by Gasteiger charge is 2.37. The number of amides is 1. The van der Waals surface area contributed by atoms with Gasteiger partial charge in [-0.25, -0.2) is 9.97 Å². The maximum Gasteiger partial charge on any atom is 0.309 e. The number of aliphatic carboxylic acids is 1. The zero-order valence-electron chi connectivity index (χ0n) is 11.0. The smallest absolute Gasteiger partial charge is 0.309 e. The van der Waals surface area contributed by atoms with Crippen molar-refractivity contribution in [2.75, 3.05) is 7.05 Å². The SMILES string of the molecule is Cc1nccc(C2C(C(=O)O)CCCC(=O)N2C)n1. The molecular weight excluding hydrogens is 246 g/mol. The van der Waals surface area contributed by atoms with Crippen LogP contribution in [0.15, 0.2) is 12.3 Å².